The van der Waals surface area contributed by atoms with Crippen LogP contribution in [0.4, 0.5) is 5.69 Å². The second-order valence-corrected chi connectivity index (χ2v) is 4.67. The molecule has 118 valence electrons. The van der Waals surface area contributed by atoms with Gasteiger partial charge in [-0.25, -0.2) is 0 Å². The number of non-ortho nitro benzene ring substituents is 1. The van der Waals surface area contributed by atoms with Crippen molar-refractivity contribution >= 4 is 5.69 Å². The van der Waals surface area contributed by atoms with E-state index in [2.05, 4.69) is 4.98 Å². The number of aromatic amines is 1. The summed E-state index contributed by atoms with van der Waals surface area (Å²) in [6, 6.07) is 5.84. The molecule has 1 heterocycles. The number of hydrogen-bond acceptors (Lipinski definition) is 6. The molecule has 0 bridgehead atoms. The SMILES string of the molecule is COc1cc([N+](=O)[O-])cc(-c2cc(C)[nH]c(=O)c2C#N)c1OC. The van der Waals surface area contributed by atoms with Crippen molar-refractivity contribution in [2.24, 2.45) is 0 Å². The average molecular weight is 315 g/mol. The molecule has 0 aliphatic heterocycles. The zero-order valence-electron chi connectivity index (χ0n) is 12.7. The number of methoxy groups -OCH3 is 2. The fourth-order valence-corrected chi connectivity index (χ4v) is 2.27. The van der Waals surface area contributed by atoms with E-state index in [-0.39, 0.29) is 33.9 Å². The van der Waals surface area contributed by atoms with Gasteiger partial charge in [-0.3, -0.25) is 14.9 Å². The maximum Gasteiger partial charge on any atom is 0.274 e. The monoisotopic (exact) mass is 315 g/mol. The smallest absolute Gasteiger partial charge is 0.274 e. The van der Waals surface area contributed by atoms with Crippen LogP contribution in [0.3, 0.4) is 0 Å². The third-order valence-corrected chi connectivity index (χ3v) is 3.24. The number of nitrogens with zero attached hydrogens (tertiary/aromatic N) is 2. The Hall–Kier alpha value is -3.34. The summed E-state index contributed by atoms with van der Waals surface area (Å²) >= 11 is 0. The van der Waals surface area contributed by atoms with Crippen LogP contribution in [0.2, 0.25) is 0 Å². The number of nitro groups is 1. The summed E-state index contributed by atoms with van der Waals surface area (Å²) in [5.41, 5.74) is 0.0272. The first-order valence-electron chi connectivity index (χ1n) is 6.47. The Kier molecular flexibility index (Phi) is 4.32. The summed E-state index contributed by atoms with van der Waals surface area (Å²) in [6.07, 6.45) is 0. The van der Waals surface area contributed by atoms with E-state index in [1.165, 1.54) is 26.4 Å². The topological polar surface area (TPSA) is 118 Å². The molecule has 0 atom stereocenters. The van der Waals surface area contributed by atoms with E-state index < -0.39 is 10.5 Å². The van der Waals surface area contributed by atoms with Crippen LogP contribution in [0.1, 0.15) is 11.3 Å². The minimum absolute atomic E-state index is 0.138. The Labute approximate surface area is 131 Å². The number of benzene rings is 1. The van der Waals surface area contributed by atoms with Crippen LogP contribution in [-0.2, 0) is 0 Å². The van der Waals surface area contributed by atoms with Crippen molar-refractivity contribution in [1.29, 1.82) is 5.26 Å². The molecule has 2 rings (SSSR count). The molecule has 0 aliphatic rings. The van der Waals surface area contributed by atoms with Gasteiger partial charge in [-0.1, -0.05) is 0 Å². The summed E-state index contributed by atoms with van der Waals surface area (Å²) in [5.74, 6) is 0.345. The third-order valence-electron chi connectivity index (χ3n) is 3.24. The summed E-state index contributed by atoms with van der Waals surface area (Å²) in [7, 11) is 2.72. The molecule has 23 heavy (non-hydrogen) atoms. The van der Waals surface area contributed by atoms with Gasteiger partial charge in [0.15, 0.2) is 11.5 Å². The highest BCUT2D eigenvalue weighted by atomic mass is 16.6. The van der Waals surface area contributed by atoms with Crippen molar-refractivity contribution in [3.8, 4) is 28.7 Å². The molecule has 0 spiro atoms. The van der Waals surface area contributed by atoms with Gasteiger partial charge in [0.05, 0.1) is 25.2 Å². The first-order chi connectivity index (χ1) is 10.9. The van der Waals surface area contributed by atoms with Gasteiger partial charge in [0, 0.05) is 22.9 Å². The van der Waals surface area contributed by atoms with Crippen molar-refractivity contribution in [2.45, 2.75) is 6.92 Å². The Bertz CT molecular complexity index is 880. The molecular weight excluding hydrogens is 302 g/mol. The zero-order valence-corrected chi connectivity index (χ0v) is 12.7. The highest BCUT2D eigenvalue weighted by molar-refractivity contribution is 5.80. The largest absolute Gasteiger partial charge is 0.493 e. The number of ether oxygens (including phenoxy) is 2. The van der Waals surface area contributed by atoms with Crippen LogP contribution in [-0.4, -0.2) is 24.1 Å². The maximum absolute atomic E-state index is 12.0. The van der Waals surface area contributed by atoms with Crippen LogP contribution < -0.4 is 15.0 Å². The maximum atomic E-state index is 12.0. The first-order valence-corrected chi connectivity index (χ1v) is 6.47. The van der Waals surface area contributed by atoms with Gasteiger partial charge in [-0.2, -0.15) is 5.26 Å². The number of nitriles is 1. The standard InChI is InChI=1S/C15H13N3O5/c1-8-4-10(12(7-16)15(19)17-8)11-5-9(18(20)21)6-13(22-2)14(11)23-3/h4-6H,1-3H3,(H,17,19). The number of nitrogens with one attached hydrogen (secondary N) is 1. The highest BCUT2D eigenvalue weighted by Gasteiger charge is 2.22. The van der Waals surface area contributed by atoms with E-state index in [1.807, 2.05) is 6.07 Å². The van der Waals surface area contributed by atoms with E-state index >= 15 is 0 Å². The van der Waals surface area contributed by atoms with Crippen LogP contribution >= 0.6 is 0 Å². The van der Waals surface area contributed by atoms with Gasteiger partial charge in [-0.15, -0.1) is 0 Å². The van der Waals surface area contributed by atoms with Gasteiger partial charge in [0.1, 0.15) is 11.6 Å². The lowest BCUT2D eigenvalue weighted by Crippen LogP contribution is -2.13. The molecule has 0 amide bonds. The number of nitro benzene ring substituents is 1. The minimum Gasteiger partial charge on any atom is -0.493 e. The number of rotatable bonds is 4. The van der Waals surface area contributed by atoms with Crippen molar-refractivity contribution < 1.29 is 14.4 Å². The lowest BCUT2D eigenvalue weighted by atomic mass is 9.99. The van der Waals surface area contributed by atoms with Gasteiger partial charge in [0.2, 0.25) is 0 Å². The molecule has 0 saturated heterocycles. The number of aromatic nitrogens is 1. The lowest BCUT2D eigenvalue weighted by Gasteiger charge is -2.14. The zero-order chi connectivity index (χ0) is 17.1. The number of H-pyrrole nitrogens is 1. The fourth-order valence-electron chi connectivity index (χ4n) is 2.27. The summed E-state index contributed by atoms with van der Waals surface area (Å²) in [4.78, 5) is 25.0. The van der Waals surface area contributed by atoms with Gasteiger partial charge in [0.25, 0.3) is 11.2 Å². The number of hydrogen-bond donors (Lipinski definition) is 1. The van der Waals surface area contributed by atoms with E-state index in [9.17, 15) is 20.2 Å². The van der Waals surface area contributed by atoms with E-state index in [4.69, 9.17) is 9.47 Å². The van der Waals surface area contributed by atoms with Gasteiger partial charge in [-0.05, 0) is 13.0 Å². The van der Waals surface area contributed by atoms with Crippen LogP contribution in [0.5, 0.6) is 11.5 Å². The molecular formula is C15H13N3O5. The molecule has 0 saturated carbocycles. The average Bonchev–Trinajstić information content (AvgIpc) is 2.52. The second-order valence-electron chi connectivity index (χ2n) is 4.67. The second kappa shape index (κ2) is 6.19. The Morgan fingerprint density at radius 3 is 2.43 bits per heavy atom. The molecule has 0 unspecified atom stereocenters. The molecule has 1 aromatic carbocycles. The van der Waals surface area contributed by atoms with E-state index in [0.29, 0.717) is 5.69 Å². The van der Waals surface area contributed by atoms with Gasteiger partial charge < -0.3 is 14.5 Å². The number of pyridine rings is 1. The van der Waals surface area contributed by atoms with Crippen molar-refractivity contribution in [3.63, 3.8) is 0 Å². The highest BCUT2D eigenvalue weighted by Crippen LogP contribution is 2.42. The van der Waals surface area contributed by atoms with Crippen LogP contribution in [0.25, 0.3) is 11.1 Å². The quantitative estimate of drug-likeness (QED) is 0.682. The minimum atomic E-state index is -0.586. The number of aryl methyl sites for hydroxylation is 1. The molecule has 8 heteroatoms. The Morgan fingerprint density at radius 2 is 1.91 bits per heavy atom. The molecule has 2 aromatic rings. The van der Waals surface area contributed by atoms with Crippen molar-refractivity contribution in [3.05, 3.63) is 49.9 Å². The van der Waals surface area contributed by atoms with Crippen LogP contribution in [0.15, 0.2) is 23.0 Å². The Balaban J connectivity index is 2.93. The Morgan fingerprint density at radius 1 is 1.22 bits per heavy atom. The van der Waals surface area contributed by atoms with Crippen molar-refractivity contribution in [2.75, 3.05) is 14.2 Å². The first kappa shape index (κ1) is 16.0. The molecule has 0 radical (unpaired) electrons. The summed E-state index contributed by atoms with van der Waals surface area (Å²) in [6.45, 7) is 1.65. The van der Waals surface area contributed by atoms with Gasteiger partial charge >= 0.3 is 0 Å². The fraction of sp³-hybridized carbons (Fsp3) is 0.200. The van der Waals surface area contributed by atoms with E-state index in [1.54, 1.807) is 13.0 Å². The van der Waals surface area contributed by atoms with Crippen LogP contribution in [0, 0.1) is 28.4 Å². The predicted molar refractivity (Wildman–Crippen MR) is 81.7 cm³/mol. The molecule has 1 aromatic heterocycles. The normalized spacial score (nSPS) is 10.0. The lowest BCUT2D eigenvalue weighted by molar-refractivity contribution is -0.384. The third kappa shape index (κ3) is 2.85. The molecule has 8 nitrogen and oxygen atoms in total. The van der Waals surface area contributed by atoms with Crippen molar-refractivity contribution in [1.82, 2.24) is 4.98 Å². The predicted octanol–water partition coefficient (Wildman–Crippen LogP) is 2.15. The molecule has 1 N–H and O–H groups in total. The molecule has 0 aliphatic carbocycles. The van der Waals surface area contributed by atoms with E-state index in [0.717, 1.165) is 0 Å². The summed E-state index contributed by atoms with van der Waals surface area (Å²) < 4.78 is 10.4. The molecule has 0 fully saturated rings. The summed E-state index contributed by atoms with van der Waals surface area (Å²) in [5, 5.41) is 20.4.